The van der Waals surface area contributed by atoms with Gasteiger partial charge >= 0.3 is 0 Å². The first-order valence-electron chi connectivity index (χ1n) is 5.68. The molecule has 5 heteroatoms. The van der Waals surface area contributed by atoms with Gasteiger partial charge in [0, 0.05) is 5.02 Å². The lowest BCUT2D eigenvalue weighted by atomic mass is 10.2. The van der Waals surface area contributed by atoms with Crippen LogP contribution in [0.5, 0.6) is 5.75 Å². The molecule has 2 aromatic rings. The molecular formula is C14H14Cl2N2O. The topological polar surface area (TPSA) is 47.3 Å². The van der Waals surface area contributed by atoms with Crippen LogP contribution in [0.15, 0.2) is 30.3 Å². The van der Waals surface area contributed by atoms with Gasteiger partial charge < -0.3 is 15.8 Å². The van der Waals surface area contributed by atoms with Crippen molar-refractivity contribution in [2.75, 3.05) is 18.2 Å². The van der Waals surface area contributed by atoms with Gasteiger partial charge in [-0.25, -0.2) is 0 Å². The van der Waals surface area contributed by atoms with E-state index in [4.69, 9.17) is 33.7 Å². The second-order valence-corrected chi connectivity index (χ2v) is 4.94. The maximum absolute atomic E-state index is 6.18. The fourth-order valence-electron chi connectivity index (χ4n) is 1.72. The minimum Gasteiger partial charge on any atom is -0.495 e. The average Bonchev–Trinajstić information content (AvgIpc) is 2.38. The van der Waals surface area contributed by atoms with E-state index in [1.165, 1.54) is 0 Å². The quantitative estimate of drug-likeness (QED) is 0.812. The number of halogens is 2. The lowest BCUT2D eigenvalue weighted by molar-refractivity contribution is 0.417. The van der Waals surface area contributed by atoms with E-state index in [1.54, 1.807) is 19.2 Å². The minimum absolute atomic E-state index is 0.526. The Labute approximate surface area is 122 Å². The number of nitrogens with one attached hydrogen (secondary N) is 1. The van der Waals surface area contributed by atoms with Crippen molar-refractivity contribution in [2.45, 2.75) is 6.92 Å². The van der Waals surface area contributed by atoms with Gasteiger partial charge in [-0.05, 0) is 36.8 Å². The molecule has 0 saturated carbocycles. The zero-order chi connectivity index (χ0) is 14.0. The number of rotatable bonds is 3. The molecule has 0 spiro atoms. The Morgan fingerprint density at radius 1 is 1.11 bits per heavy atom. The molecule has 0 atom stereocenters. The fourth-order valence-corrected chi connectivity index (χ4v) is 2.15. The summed E-state index contributed by atoms with van der Waals surface area (Å²) in [4.78, 5) is 0. The van der Waals surface area contributed by atoms with Crippen LogP contribution in [0.2, 0.25) is 10.0 Å². The molecule has 0 unspecified atom stereocenters. The van der Waals surface area contributed by atoms with Crippen LogP contribution in [-0.2, 0) is 0 Å². The molecule has 0 amide bonds. The van der Waals surface area contributed by atoms with Gasteiger partial charge in [0.15, 0.2) is 0 Å². The molecule has 2 rings (SSSR count). The van der Waals surface area contributed by atoms with Crippen molar-refractivity contribution in [2.24, 2.45) is 0 Å². The smallest absolute Gasteiger partial charge is 0.143 e. The van der Waals surface area contributed by atoms with Gasteiger partial charge in [0.05, 0.1) is 29.2 Å². The third-order valence-electron chi connectivity index (χ3n) is 2.80. The number of methoxy groups -OCH3 is 1. The minimum atomic E-state index is 0.526. The predicted octanol–water partition coefficient (Wildman–Crippen LogP) is 4.64. The molecule has 0 fully saturated rings. The number of benzene rings is 2. The van der Waals surface area contributed by atoms with E-state index < -0.39 is 0 Å². The molecule has 3 nitrogen and oxygen atoms in total. The molecule has 0 heterocycles. The second kappa shape index (κ2) is 5.59. The largest absolute Gasteiger partial charge is 0.495 e. The SMILES string of the molecule is COc1cccc(Nc2cc(Cl)c(C)cc2Cl)c1N. The summed E-state index contributed by atoms with van der Waals surface area (Å²) in [7, 11) is 1.57. The third-order valence-corrected chi connectivity index (χ3v) is 3.52. The van der Waals surface area contributed by atoms with E-state index in [0.29, 0.717) is 27.2 Å². The Hall–Kier alpha value is -1.58. The molecule has 19 heavy (non-hydrogen) atoms. The first kappa shape index (κ1) is 13.8. The molecule has 0 bridgehead atoms. The lowest BCUT2D eigenvalue weighted by Gasteiger charge is -2.14. The third kappa shape index (κ3) is 2.88. The summed E-state index contributed by atoms with van der Waals surface area (Å²) < 4.78 is 5.17. The molecule has 3 N–H and O–H groups in total. The molecule has 0 aliphatic heterocycles. The molecule has 0 radical (unpaired) electrons. The number of nitrogen functional groups attached to an aromatic ring is 1. The van der Waals surface area contributed by atoms with Crippen LogP contribution in [0.25, 0.3) is 0 Å². The monoisotopic (exact) mass is 296 g/mol. The number of hydrogen-bond donors (Lipinski definition) is 2. The maximum Gasteiger partial charge on any atom is 0.143 e. The fraction of sp³-hybridized carbons (Fsp3) is 0.143. The molecule has 100 valence electrons. The Morgan fingerprint density at radius 3 is 2.53 bits per heavy atom. The Morgan fingerprint density at radius 2 is 1.84 bits per heavy atom. The highest BCUT2D eigenvalue weighted by atomic mass is 35.5. The van der Waals surface area contributed by atoms with Crippen molar-refractivity contribution in [1.82, 2.24) is 0 Å². The summed E-state index contributed by atoms with van der Waals surface area (Å²) in [5.74, 6) is 0.610. The van der Waals surface area contributed by atoms with Crippen molar-refractivity contribution in [3.05, 3.63) is 45.9 Å². The molecule has 0 aliphatic carbocycles. The number of para-hydroxylation sites is 1. The Bertz CT molecular complexity index is 615. The molecule has 0 aromatic heterocycles. The molecule has 0 saturated heterocycles. The van der Waals surface area contributed by atoms with Crippen LogP contribution in [0.4, 0.5) is 17.1 Å². The summed E-state index contributed by atoms with van der Waals surface area (Å²) in [6, 6.07) is 9.08. The van der Waals surface area contributed by atoms with Crippen molar-refractivity contribution in [1.29, 1.82) is 0 Å². The van der Waals surface area contributed by atoms with Gasteiger partial charge in [0.1, 0.15) is 5.75 Å². The van der Waals surface area contributed by atoms with Gasteiger partial charge in [0.2, 0.25) is 0 Å². The summed E-state index contributed by atoms with van der Waals surface area (Å²) in [6.45, 7) is 1.90. The van der Waals surface area contributed by atoms with Crippen LogP contribution in [0, 0.1) is 6.92 Å². The van der Waals surface area contributed by atoms with E-state index in [1.807, 2.05) is 25.1 Å². The van der Waals surface area contributed by atoms with E-state index in [-0.39, 0.29) is 0 Å². The van der Waals surface area contributed by atoms with Crippen LogP contribution in [0.1, 0.15) is 5.56 Å². The van der Waals surface area contributed by atoms with Gasteiger partial charge in [0.25, 0.3) is 0 Å². The lowest BCUT2D eigenvalue weighted by Crippen LogP contribution is -1.99. The van der Waals surface area contributed by atoms with Crippen LogP contribution < -0.4 is 15.8 Å². The predicted molar refractivity (Wildman–Crippen MR) is 81.9 cm³/mol. The van der Waals surface area contributed by atoms with E-state index in [9.17, 15) is 0 Å². The van der Waals surface area contributed by atoms with Crippen LogP contribution in [0.3, 0.4) is 0 Å². The van der Waals surface area contributed by atoms with Gasteiger partial charge in [-0.1, -0.05) is 29.3 Å². The van der Waals surface area contributed by atoms with Crippen molar-refractivity contribution >= 4 is 40.3 Å². The van der Waals surface area contributed by atoms with E-state index in [0.717, 1.165) is 11.3 Å². The standard InChI is InChI=1S/C14H14Cl2N2O/c1-8-6-10(16)12(7-9(8)15)18-11-4-3-5-13(19-2)14(11)17/h3-7,18H,17H2,1-2H3. The normalized spacial score (nSPS) is 10.3. The molecule has 0 aliphatic rings. The zero-order valence-electron chi connectivity index (χ0n) is 10.6. The highest BCUT2D eigenvalue weighted by molar-refractivity contribution is 6.35. The number of nitrogens with two attached hydrogens (primary N) is 1. The first-order valence-corrected chi connectivity index (χ1v) is 6.43. The number of aryl methyl sites for hydroxylation is 1. The van der Waals surface area contributed by atoms with Crippen LogP contribution in [-0.4, -0.2) is 7.11 Å². The molecular weight excluding hydrogens is 283 g/mol. The number of anilines is 3. The van der Waals surface area contributed by atoms with Gasteiger partial charge in [-0.15, -0.1) is 0 Å². The second-order valence-electron chi connectivity index (χ2n) is 4.13. The number of ether oxygens (including phenoxy) is 1. The van der Waals surface area contributed by atoms with Gasteiger partial charge in [-0.3, -0.25) is 0 Å². The maximum atomic E-state index is 6.18. The summed E-state index contributed by atoms with van der Waals surface area (Å²) in [5, 5.41) is 4.40. The summed E-state index contributed by atoms with van der Waals surface area (Å²) in [6.07, 6.45) is 0. The van der Waals surface area contributed by atoms with Gasteiger partial charge in [-0.2, -0.15) is 0 Å². The van der Waals surface area contributed by atoms with Crippen molar-refractivity contribution in [3.8, 4) is 5.75 Å². The number of hydrogen-bond acceptors (Lipinski definition) is 3. The average molecular weight is 297 g/mol. The summed E-state index contributed by atoms with van der Waals surface area (Å²) in [5.41, 5.74) is 8.88. The Balaban J connectivity index is 2.39. The first-order chi connectivity index (χ1) is 9.02. The molecule has 2 aromatic carbocycles. The zero-order valence-corrected chi connectivity index (χ0v) is 12.1. The van der Waals surface area contributed by atoms with Crippen LogP contribution >= 0.6 is 23.2 Å². The highest BCUT2D eigenvalue weighted by Crippen LogP contribution is 2.35. The van der Waals surface area contributed by atoms with E-state index in [2.05, 4.69) is 5.32 Å². The highest BCUT2D eigenvalue weighted by Gasteiger charge is 2.09. The van der Waals surface area contributed by atoms with E-state index >= 15 is 0 Å². The van der Waals surface area contributed by atoms with Crippen molar-refractivity contribution < 1.29 is 4.74 Å². The Kier molecular flexibility index (Phi) is 4.08. The summed E-state index contributed by atoms with van der Waals surface area (Å²) >= 11 is 12.3. The van der Waals surface area contributed by atoms with Crippen molar-refractivity contribution in [3.63, 3.8) is 0 Å².